The van der Waals surface area contributed by atoms with Gasteiger partial charge in [-0.25, -0.2) is 4.39 Å². The van der Waals surface area contributed by atoms with Crippen LogP contribution < -0.4 is 10.5 Å². The Morgan fingerprint density at radius 3 is 2.77 bits per heavy atom. The summed E-state index contributed by atoms with van der Waals surface area (Å²) >= 11 is 0. The van der Waals surface area contributed by atoms with Gasteiger partial charge in [0.1, 0.15) is 11.6 Å². The molecule has 0 atom stereocenters. The van der Waals surface area contributed by atoms with Crippen molar-refractivity contribution < 1.29 is 9.13 Å². The van der Waals surface area contributed by atoms with Crippen molar-refractivity contribution in [3.05, 3.63) is 29.6 Å². The van der Waals surface area contributed by atoms with E-state index in [-0.39, 0.29) is 5.82 Å². The zero-order valence-electron chi connectivity index (χ0n) is 7.72. The zero-order chi connectivity index (χ0) is 9.68. The first-order chi connectivity index (χ1) is 6.22. The molecule has 3 heteroatoms. The molecule has 0 saturated heterocycles. The van der Waals surface area contributed by atoms with Crippen LogP contribution in [0.3, 0.4) is 0 Å². The van der Waals surface area contributed by atoms with Gasteiger partial charge in [0.15, 0.2) is 0 Å². The summed E-state index contributed by atoms with van der Waals surface area (Å²) in [6.07, 6.45) is 0.787. The molecule has 0 saturated carbocycles. The minimum atomic E-state index is -0.261. The summed E-state index contributed by atoms with van der Waals surface area (Å²) in [5.74, 6) is 0.314. The molecule has 0 radical (unpaired) electrons. The van der Waals surface area contributed by atoms with E-state index in [1.807, 2.05) is 6.92 Å². The molecule has 0 unspecified atom stereocenters. The van der Waals surface area contributed by atoms with Crippen molar-refractivity contribution in [3.8, 4) is 5.75 Å². The number of ether oxygens (including phenoxy) is 1. The lowest BCUT2D eigenvalue weighted by atomic mass is 10.2. The summed E-state index contributed by atoms with van der Waals surface area (Å²) in [5.41, 5.74) is 6.16. The molecular formula is C10H14FNO. The average Bonchev–Trinajstić information content (AvgIpc) is 2.03. The van der Waals surface area contributed by atoms with Crippen LogP contribution in [0.15, 0.2) is 18.2 Å². The van der Waals surface area contributed by atoms with E-state index in [1.165, 1.54) is 12.1 Å². The lowest BCUT2D eigenvalue weighted by molar-refractivity contribution is 0.311. The molecule has 1 aromatic carbocycles. The van der Waals surface area contributed by atoms with E-state index in [0.717, 1.165) is 12.0 Å². The van der Waals surface area contributed by atoms with Gasteiger partial charge in [0.2, 0.25) is 0 Å². The van der Waals surface area contributed by atoms with Gasteiger partial charge in [-0.3, -0.25) is 0 Å². The Kier molecular flexibility index (Phi) is 3.71. The van der Waals surface area contributed by atoms with Crippen molar-refractivity contribution in [1.82, 2.24) is 0 Å². The summed E-state index contributed by atoms with van der Waals surface area (Å²) in [7, 11) is 0. The largest absolute Gasteiger partial charge is 0.493 e. The normalized spacial score (nSPS) is 10.1. The highest BCUT2D eigenvalue weighted by atomic mass is 19.1. The van der Waals surface area contributed by atoms with Crippen molar-refractivity contribution in [2.24, 2.45) is 5.73 Å². The van der Waals surface area contributed by atoms with Crippen molar-refractivity contribution in [2.75, 3.05) is 13.2 Å². The van der Waals surface area contributed by atoms with E-state index in [1.54, 1.807) is 6.07 Å². The fourth-order valence-corrected chi connectivity index (χ4v) is 1.06. The first-order valence-electron chi connectivity index (χ1n) is 4.32. The van der Waals surface area contributed by atoms with Crippen LogP contribution in [0, 0.1) is 12.7 Å². The predicted octanol–water partition coefficient (Wildman–Crippen LogP) is 1.86. The Morgan fingerprint density at radius 2 is 2.15 bits per heavy atom. The minimum absolute atomic E-state index is 0.261. The van der Waals surface area contributed by atoms with Crippen molar-refractivity contribution in [2.45, 2.75) is 13.3 Å². The summed E-state index contributed by atoms with van der Waals surface area (Å²) in [4.78, 5) is 0. The molecule has 1 aromatic rings. The number of nitrogens with two attached hydrogens (primary N) is 1. The smallest absolute Gasteiger partial charge is 0.127 e. The quantitative estimate of drug-likeness (QED) is 0.723. The van der Waals surface area contributed by atoms with Gasteiger partial charge < -0.3 is 10.5 Å². The van der Waals surface area contributed by atoms with Crippen molar-refractivity contribution in [1.29, 1.82) is 0 Å². The fraction of sp³-hybridized carbons (Fsp3) is 0.400. The Morgan fingerprint density at radius 1 is 1.38 bits per heavy atom. The van der Waals surface area contributed by atoms with Gasteiger partial charge in [-0.05, 0) is 37.6 Å². The molecule has 1 rings (SSSR count). The molecule has 0 bridgehead atoms. The predicted molar refractivity (Wildman–Crippen MR) is 50.3 cm³/mol. The summed E-state index contributed by atoms with van der Waals surface area (Å²) < 4.78 is 18.1. The molecule has 0 spiro atoms. The highest BCUT2D eigenvalue weighted by Crippen LogP contribution is 2.15. The monoisotopic (exact) mass is 183 g/mol. The molecule has 72 valence electrons. The molecular weight excluding hydrogens is 169 g/mol. The molecule has 2 nitrogen and oxygen atoms in total. The Bertz CT molecular complexity index is 255. The molecule has 0 fully saturated rings. The average molecular weight is 183 g/mol. The first kappa shape index (κ1) is 9.99. The summed E-state index contributed by atoms with van der Waals surface area (Å²) in [6, 6.07) is 4.65. The lowest BCUT2D eigenvalue weighted by Crippen LogP contribution is -2.06. The maximum atomic E-state index is 12.8. The van der Waals surface area contributed by atoms with Crippen LogP contribution >= 0.6 is 0 Å². The van der Waals surface area contributed by atoms with Gasteiger partial charge in [-0.15, -0.1) is 0 Å². The second-order valence-electron chi connectivity index (χ2n) is 2.95. The van der Waals surface area contributed by atoms with E-state index < -0.39 is 0 Å². The van der Waals surface area contributed by atoms with Crippen LogP contribution in [-0.4, -0.2) is 13.2 Å². The maximum Gasteiger partial charge on any atom is 0.127 e. The number of benzene rings is 1. The zero-order valence-corrected chi connectivity index (χ0v) is 7.72. The first-order valence-corrected chi connectivity index (χ1v) is 4.32. The maximum absolute atomic E-state index is 12.8. The third-order valence-corrected chi connectivity index (χ3v) is 1.63. The topological polar surface area (TPSA) is 35.2 Å². The van der Waals surface area contributed by atoms with E-state index in [4.69, 9.17) is 10.5 Å². The van der Waals surface area contributed by atoms with Gasteiger partial charge in [0, 0.05) is 6.07 Å². The Balaban J connectivity index is 2.56. The van der Waals surface area contributed by atoms with E-state index in [2.05, 4.69) is 0 Å². The summed E-state index contributed by atoms with van der Waals surface area (Å²) in [6.45, 7) is 2.96. The van der Waals surface area contributed by atoms with Crippen molar-refractivity contribution >= 4 is 0 Å². The molecule has 0 aliphatic rings. The molecule has 2 N–H and O–H groups in total. The Labute approximate surface area is 77.5 Å². The SMILES string of the molecule is Cc1cc(F)cc(OCCCN)c1. The fourth-order valence-electron chi connectivity index (χ4n) is 1.06. The van der Waals surface area contributed by atoms with E-state index >= 15 is 0 Å². The molecule has 0 amide bonds. The van der Waals surface area contributed by atoms with Gasteiger partial charge in [0.05, 0.1) is 6.61 Å². The second kappa shape index (κ2) is 4.82. The molecule has 0 aliphatic carbocycles. The number of hydrogen-bond donors (Lipinski definition) is 1. The van der Waals surface area contributed by atoms with Crippen LogP contribution in [-0.2, 0) is 0 Å². The molecule has 0 aliphatic heterocycles. The number of rotatable bonds is 4. The van der Waals surface area contributed by atoms with Crippen LogP contribution in [0.5, 0.6) is 5.75 Å². The van der Waals surface area contributed by atoms with Gasteiger partial charge in [-0.1, -0.05) is 0 Å². The van der Waals surface area contributed by atoms with E-state index in [0.29, 0.717) is 18.9 Å². The number of aryl methyl sites for hydroxylation is 1. The van der Waals surface area contributed by atoms with Crippen LogP contribution in [0.2, 0.25) is 0 Å². The van der Waals surface area contributed by atoms with Gasteiger partial charge >= 0.3 is 0 Å². The highest BCUT2D eigenvalue weighted by Gasteiger charge is 1.97. The standard InChI is InChI=1S/C10H14FNO/c1-8-5-9(11)7-10(6-8)13-4-2-3-12/h5-7H,2-4,12H2,1H3. The highest BCUT2D eigenvalue weighted by molar-refractivity contribution is 5.28. The van der Waals surface area contributed by atoms with Gasteiger partial charge in [0.25, 0.3) is 0 Å². The molecule has 13 heavy (non-hydrogen) atoms. The summed E-state index contributed by atoms with van der Waals surface area (Å²) in [5, 5.41) is 0. The third-order valence-electron chi connectivity index (χ3n) is 1.63. The number of halogens is 1. The lowest BCUT2D eigenvalue weighted by Gasteiger charge is -2.05. The number of hydrogen-bond acceptors (Lipinski definition) is 2. The van der Waals surface area contributed by atoms with E-state index in [9.17, 15) is 4.39 Å². The minimum Gasteiger partial charge on any atom is -0.493 e. The Hall–Kier alpha value is -1.09. The van der Waals surface area contributed by atoms with Crippen LogP contribution in [0.4, 0.5) is 4.39 Å². The van der Waals surface area contributed by atoms with Gasteiger partial charge in [-0.2, -0.15) is 0 Å². The van der Waals surface area contributed by atoms with Crippen LogP contribution in [0.25, 0.3) is 0 Å². The molecule has 0 heterocycles. The third kappa shape index (κ3) is 3.42. The van der Waals surface area contributed by atoms with Crippen LogP contribution in [0.1, 0.15) is 12.0 Å². The second-order valence-corrected chi connectivity index (χ2v) is 2.95. The molecule has 0 aromatic heterocycles. The van der Waals surface area contributed by atoms with Crippen molar-refractivity contribution in [3.63, 3.8) is 0 Å².